The molecule has 2 rings (SSSR count). The average molecular weight is 234 g/mol. The Morgan fingerprint density at radius 1 is 1.50 bits per heavy atom. The number of rotatable bonds is 4. The van der Waals surface area contributed by atoms with Crippen molar-refractivity contribution in [2.75, 3.05) is 0 Å². The topological polar surface area (TPSA) is 34.9 Å². The van der Waals surface area contributed by atoms with Crippen LogP contribution in [0.2, 0.25) is 0 Å². The van der Waals surface area contributed by atoms with Crippen LogP contribution in [0.4, 0.5) is 0 Å². The van der Waals surface area contributed by atoms with Gasteiger partial charge in [-0.2, -0.15) is 16.4 Å². The van der Waals surface area contributed by atoms with E-state index in [0.717, 1.165) is 11.3 Å². The second-order valence-electron chi connectivity index (χ2n) is 3.99. The molecule has 0 unspecified atom stereocenters. The predicted octanol–water partition coefficient (Wildman–Crippen LogP) is 2.95. The van der Waals surface area contributed by atoms with Crippen molar-refractivity contribution in [1.29, 1.82) is 0 Å². The molecule has 0 saturated heterocycles. The Hall–Kier alpha value is -1.42. The van der Waals surface area contributed by atoms with Crippen molar-refractivity contribution < 1.29 is 4.79 Å². The summed E-state index contributed by atoms with van der Waals surface area (Å²) < 4.78 is 1.87. The summed E-state index contributed by atoms with van der Waals surface area (Å²) in [6, 6.07) is 4.10. The minimum absolute atomic E-state index is 0.134. The molecule has 2 aromatic rings. The van der Waals surface area contributed by atoms with Gasteiger partial charge in [0, 0.05) is 23.2 Å². The van der Waals surface area contributed by atoms with Crippen LogP contribution in [0.1, 0.15) is 35.9 Å². The number of hydrogen-bond acceptors (Lipinski definition) is 3. The van der Waals surface area contributed by atoms with Crippen LogP contribution in [0.3, 0.4) is 0 Å². The van der Waals surface area contributed by atoms with E-state index in [9.17, 15) is 4.79 Å². The second-order valence-corrected chi connectivity index (χ2v) is 4.77. The first-order valence-corrected chi connectivity index (χ1v) is 6.20. The molecule has 0 amide bonds. The van der Waals surface area contributed by atoms with E-state index in [-0.39, 0.29) is 5.78 Å². The molecular formula is C12H14N2OS. The first-order chi connectivity index (χ1) is 7.66. The lowest BCUT2D eigenvalue weighted by atomic mass is 10.1. The summed E-state index contributed by atoms with van der Waals surface area (Å²) >= 11 is 1.54. The molecule has 2 heterocycles. The molecule has 16 heavy (non-hydrogen) atoms. The van der Waals surface area contributed by atoms with Gasteiger partial charge in [-0.15, -0.1) is 0 Å². The van der Waals surface area contributed by atoms with Crippen molar-refractivity contribution in [1.82, 2.24) is 9.78 Å². The molecule has 2 aromatic heterocycles. The van der Waals surface area contributed by atoms with Gasteiger partial charge < -0.3 is 0 Å². The fourth-order valence-corrected chi connectivity index (χ4v) is 2.11. The SMILES string of the molecule is CC(C)n1ccc(CC(=O)c2ccsc2)n1. The maximum Gasteiger partial charge on any atom is 0.169 e. The minimum Gasteiger partial charge on any atom is -0.294 e. The van der Waals surface area contributed by atoms with E-state index in [1.54, 1.807) is 11.3 Å². The third kappa shape index (κ3) is 2.39. The normalized spacial score (nSPS) is 10.9. The zero-order valence-electron chi connectivity index (χ0n) is 9.38. The van der Waals surface area contributed by atoms with Crippen LogP contribution in [0.5, 0.6) is 0 Å². The van der Waals surface area contributed by atoms with Crippen LogP contribution in [0, 0.1) is 0 Å². The van der Waals surface area contributed by atoms with Crippen molar-refractivity contribution in [2.24, 2.45) is 0 Å². The predicted molar refractivity (Wildman–Crippen MR) is 65.0 cm³/mol. The summed E-state index contributed by atoms with van der Waals surface area (Å²) in [5, 5.41) is 8.15. The standard InChI is InChI=1S/C12H14N2OS/c1-9(2)14-5-3-11(13-14)7-12(15)10-4-6-16-8-10/h3-6,8-9H,7H2,1-2H3. The van der Waals surface area contributed by atoms with Crippen LogP contribution in [-0.4, -0.2) is 15.6 Å². The molecule has 4 heteroatoms. The third-order valence-electron chi connectivity index (χ3n) is 2.38. The molecule has 0 aromatic carbocycles. The van der Waals surface area contributed by atoms with E-state index in [4.69, 9.17) is 0 Å². The molecule has 0 aliphatic rings. The number of nitrogens with zero attached hydrogens (tertiary/aromatic N) is 2. The van der Waals surface area contributed by atoms with Gasteiger partial charge >= 0.3 is 0 Å². The lowest BCUT2D eigenvalue weighted by Gasteiger charge is -2.03. The highest BCUT2D eigenvalue weighted by Gasteiger charge is 2.10. The molecule has 0 bridgehead atoms. The molecule has 0 saturated carbocycles. The van der Waals surface area contributed by atoms with Crippen molar-refractivity contribution in [3.05, 3.63) is 40.3 Å². The Morgan fingerprint density at radius 3 is 2.88 bits per heavy atom. The largest absolute Gasteiger partial charge is 0.294 e. The van der Waals surface area contributed by atoms with Crippen LogP contribution in [0.15, 0.2) is 29.1 Å². The lowest BCUT2D eigenvalue weighted by molar-refractivity contribution is 0.0992. The van der Waals surface area contributed by atoms with E-state index in [1.807, 2.05) is 33.8 Å². The summed E-state index contributed by atoms with van der Waals surface area (Å²) in [5.74, 6) is 0.134. The molecule has 0 aliphatic carbocycles. The van der Waals surface area contributed by atoms with E-state index in [0.29, 0.717) is 12.5 Å². The van der Waals surface area contributed by atoms with Gasteiger partial charge in [0.1, 0.15) is 0 Å². The molecular weight excluding hydrogens is 220 g/mol. The molecule has 0 aliphatic heterocycles. The van der Waals surface area contributed by atoms with E-state index in [2.05, 4.69) is 18.9 Å². The summed E-state index contributed by atoms with van der Waals surface area (Å²) in [6.07, 6.45) is 2.30. The van der Waals surface area contributed by atoms with Crippen molar-refractivity contribution in [3.63, 3.8) is 0 Å². The summed E-state index contributed by atoms with van der Waals surface area (Å²) in [6.45, 7) is 4.13. The number of Topliss-reactive ketones (excluding diaryl/α,β-unsaturated/α-hetero) is 1. The van der Waals surface area contributed by atoms with Gasteiger partial charge in [0.15, 0.2) is 5.78 Å². The van der Waals surface area contributed by atoms with E-state index >= 15 is 0 Å². The Kier molecular flexibility index (Phi) is 3.19. The molecule has 0 fully saturated rings. The summed E-state index contributed by atoms with van der Waals surface area (Å²) in [5.41, 5.74) is 1.62. The van der Waals surface area contributed by atoms with Crippen LogP contribution >= 0.6 is 11.3 Å². The van der Waals surface area contributed by atoms with E-state index in [1.165, 1.54) is 0 Å². The molecule has 3 nitrogen and oxygen atoms in total. The van der Waals surface area contributed by atoms with Crippen molar-refractivity contribution >= 4 is 17.1 Å². The van der Waals surface area contributed by atoms with Gasteiger partial charge in [0.2, 0.25) is 0 Å². The monoisotopic (exact) mass is 234 g/mol. The Labute approximate surface area is 98.7 Å². The minimum atomic E-state index is 0.134. The van der Waals surface area contributed by atoms with Crippen LogP contribution in [0.25, 0.3) is 0 Å². The highest BCUT2D eigenvalue weighted by atomic mass is 32.1. The number of carbonyl (C=O) groups is 1. The van der Waals surface area contributed by atoms with Gasteiger partial charge in [-0.3, -0.25) is 9.48 Å². The number of hydrogen-bond donors (Lipinski definition) is 0. The highest BCUT2D eigenvalue weighted by Crippen LogP contribution is 2.11. The fraction of sp³-hybridized carbons (Fsp3) is 0.333. The third-order valence-corrected chi connectivity index (χ3v) is 3.06. The average Bonchev–Trinajstić information content (AvgIpc) is 2.87. The maximum absolute atomic E-state index is 11.8. The summed E-state index contributed by atoms with van der Waals surface area (Å²) in [7, 11) is 0. The van der Waals surface area contributed by atoms with Gasteiger partial charge in [0.25, 0.3) is 0 Å². The van der Waals surface area contributed by atoms with Gasteiger partial charge in [-0.25, -0.2) is 0 Å². The fourth-order valence-electron chi connectivity index (χ4n) is 1.45. The van der Waals surface area contributed by atoms with E-state index < -0.39 is 0 Å². The Balaban J connectivity index is 2.07. The molecule has 0 N–H and O–H groups in total. The Morgan fingerprint density at radius 2 is 2.31 bits per heavy atom. The number of carbonyl (C=O) groups excluding carboxylic acids is 1. The number of ketones is 1. The highest BCUT2D eigenvalue weighted by molar-refractivity contribution is 7.08. The van der Waals surface area contributed by atoms with Gasteiger partial charge in [-0.1, -0.05) is 0 Å². The first kappa shape index (κ1) is 11.1. The molecule has 0 atom stereocenters. The van der Waals surface area contributed by atoms with Crippen molar-refractivity contribution in [2.45, 2.75) is 26.3 Å². The molecule has 0 spiro atoms. The number of aromatic nitrogens is 2. The zero-order valence-corrected chi connectivity index (χ0v) is 10.2. The summed E-state index contributed by atoms with van der Waals surface area (Å²) in [4.78, 5) is 11.8. The molecule has 84 valence electrons. The van der Waals surface area contributed by atoms with Crippen molar-refractivity contribution in [3.8, 4) is 0 Å². The quantitative estimate of drug-likeness (QED) is 0.762. The van der Waals surface area contributed by atoms with Crippen LogP contribution < -0.4 is 0 Å². The maximum atomic E-state index is 11.8. The second kappa shape index (κ2) is 4.61. The van der Waals surface area contributed by atoms with Gasteiger partial charge in [-0.05, 0) is 31.4 Å². The van der Waals surface area contributed by atoms with Gasteiger partial charge in [0.05, 0.1) is 12.1 Å². The lowest BCUT2D eigenvalue weighted by Crippen LogP contribution is -2.05. The molecule has 0 radical (unpaired) electrons. The zero-order chi connectivity index (χ0) is 11.5. The Bertz CT molecular complexity index is 471. The van der Waals surface area contributed by atoms with Crippen LogP contribution in [-0.2, 0) is 6.42 Å². The first-order valence-electron chi connectivity index (χ1n) is 5.26. The smallest absolute Gasteiger partial charge is 0.169 e. The number of thiophene rings is 1.